The van der Waals surface area contributed by atoms with Crippen LogP contribution in [0.25, 0.3) is 0 Å². The largest absolute Gasteiger partial charge is 0.354 e. The lowest BCUT2D eigenvalue weighted by atomic mass is 10.6. The summed E-state index contributed by atoms with van der Waals surface area (Å²) in [6.45, 7) is 5.64. The van der Waals surface area contributed by atoms with Crippen molar-refractivity contribution in [2.45, 2.75) is 0 Å². The lowest BCUT2D eigenvalue weighted by Crippen LogP contribution is -2.48. The molecule has 3 N–H and O–H groups in total. The van der Waals surface area contributed by atoms with E-state index in [1.54, 1.807) is 0 Å². The molecule has 0 unspecified atom stereocenters. The fourth-order valence-electron chi connectivity index (χ4n) is 1.48. The minimum absolute atomic E-state index is 0.0833. The Kier molecular flexibility index (Phi) is 4.86. The molecule has 5 heteroatoms. The molecule has 0 aromatic heterocycles. The van der Waals surface area contributed by atoms with E-state index >= 15 is 0 Å². The zero-order valence-corrected chi connectivity index (χ0v) is 8.83. The number of nitrogens with two attached hydrogens (primary N) is 1. The highest BCUT2D eigenvalue weighted by Gasteiger charge is 2.15. The van der Waals surface area contributed by atoms with Gasteiger partial charge in [0.15, 0.2) is 0 Å². The summed E-state index contributed by atoms with van der Waals surface area (Å²) in [6.07, 6.45) is 0. The highest BCUT2D eigenvalue weighted by molar-refractivity contribution is 5.77. The third-order valence-corrected chi connectivity index (χ3v) is 2.43. The van der Waals surface area contributed by atoms with Crippen LogP contribution in [-0.4, -0.2) is 68.6 Å². The van der Waals surface area contributed by atoms with E-state index in [1.807, 2.05) is 0 Å². The Labute approximate surface area is 85.2 Å². The first-order valence-corrected chi connectivity index (χ1v) is 5.10. The van der Waals surface area contributed by atoms with Crippen LogP contribution in [0, 0.1) is 0 Å². The number of likely N-dealkylation sites (N-methyl/N-ethyl adjacent to an activating group) is 1. The molecule has 0 spiro atoms. The summed E-state index contributed by atoms with van der Waals surface area (Å²) in [5.74, 6) is 0.0833. The first-order valence-electron chi connectivity index (χ1n) is 5.10. The van der Waals surface area contributed by atoms with Crippen LogP contribution in [0.3, 0.4) is 0 Å². The maximum atomic E-state index is 11.3. The first kappa shape index (κ1) is 11.4. The molecule has 5 nitrogen and oxygen atoms in total. The van der Waals surface area contributed by atoms with Crippen LogP contribution in [0.1, 0.15) is 0 Å². The maximum Gasteiger partial charge on any atom is 0.234 e. The van der Waals surface area contributed by atoms with Crippen LogP contribution in [0.15, 0.2) is 0 Å². The molecule has 0 radical (unpaired) electrons. The molecule has 1 rings (SSSR count). The second kappa shape index (κ2) is 5.95. The molecule has 0 aliphatic carbocycles. The molecule has 14 heavy (non-hydrogen) atoms. The Hall–Kier alpha value is -0.650. The summed E-state index contributed by atoms with van der Waals surface area (Å²) in [5.41, 5.74) is 5.29. The van der Waals surface area contributed by atoms with Gasteiger partial charge < -0.3 is 16.0 Å². The third-order valence-electron chi connectivity index (χ3n) is 2.43. The van der Waals surface area contributed by atoms with E-state index in [2.05, 4.69) is 22.2 Å². The molecule has 1 heterocycles. The van der Waals surface area contributed by atoms with E-state index < -0.39 is 0 Å². The van der Waals surface area contributed by atoms with Gasteiger partial charge in [0.2, 0.25) is 5.91 Å². The van der Waals surface area contributed by atoms with Gasteiger partial charge in [0.05, 0.1) is 6.54 Å². The van der Waals surface area contributed by atoms with Gasteiger partial charge in [-0.15, -0.1) is 0 Å². The van der Waals surface area contributed by atoms with Crippen LogP contribution in [0.5, 0.6) is 0 Å². The van der Waals surface area contributed by atoms with Crippen molar-refractivity contribution >= 4 is 5.91 Å². The zero-order chi connectivity index (χ0) is 10.4. The smallest absolute Gasteiger partial charge is 0.234 e. The molecule has 0 atom stereocenters. The molecule has 0 aromatic carbocycles. The number of hydrogen-bond acceptors (Lipinski definition) is 4. The average molecular weight is 204 g/mol. The van der Waals surface area contributed by atoms with Crippen LogP contribution in [0.4, 0.5) is 0 Å². The molecule has 1 saturated heterocycles. The first-order chi connectivity index (χ1) is 6.72. The van der Waals surface area contributed by atoms with Crippen LogP contribution in [-0.2, 0) is 4.79 Å². The number of rotatable bonds is 4. The fourth-order valence-corrected chi connectivity index (χ4v) is 1.48. The molecule has 82 valence electrons. The van der Waals surface area contributed by atoms with E-state index in [9.17, 15) is 4.79 Å². The van der Waals surface area contributed by atoms with E-state index in [1.165, 1.54) is 0 Å². The van der Waals surface area contributed by atoms with Crippen molar-refractivity contribution in [2.75, 3.05) is 52.9 Å². The van der Waals surface area contributed by atoms with Crippen molar-refractivity contribution in [3.63, 3.8) is 0 Å². The lowest BCUT2D eigenvalue weighted by molar-refractivity contribution is -0.122. The molecule has 0 bridgehead atoms. The van der Waals surface area contributed by atoms with Crippen molar-refractivity contribution in [3.8, 4) is 0 Å². The summed E-state index contributed by atoms with van der Waals surface area (Å²) in [5, 5.41) is 2.77. The average Bonchev–Trinajstić information content (AvgIpc) is 2.18. The van der Waals surface area contributed by atoms with Crippen molar-refractivity contribution < 1.29 is 4.79 Å². The fraction of sp³-hybridized carbons (Fsp3) is 0.889. The van der Waals surface area contributed by atoms with Crippen LogP contribution in [0.2, 0.25) is 0 Å². The second-order valence-electron chi connectivity index (χ2n) is 3.72. The van der Waals surface area contributed by atoms with Gasteiger partial charge in [-0.3, -0.25) is 9.69 Å². The topological polar surface area (TPSA) is 61.6 Å². The predicted molar refractivity (Wildman–Crippen MR) is 56.0 cm³/mol. The van der Waals surface area contributed by atoms with Gasteiger partial charge in [-0.25, -0.2) is 0 Å². The Bertz CT molecular complexity index is 178. The van der Waals surface area contributed by atoms with Crippen LogP contribution < -0.4 is 11.1 Å². The predicted octanol–water partition coefficient (Wildman–Crippen LogP) is -1.69. The summed E-state index contributed by atoms with van der Waals surface area (Å²) >= 11 is 0. The van der Waals surface area contributed by atoms with E-state index in [0.717, 1.165) is 26.2 Å². The van der Waals surface area contributed by atoms with Crippen molar-refractivity contribution in [3.05, 3.63) is 0 Å². The summed E-state index contributed by atoms with van der Waals surface area (Å²) < 4.78 is 0. The number of carbonyl (C=O) groups is 1. The van der Waals surface area contributed by atoms with E-state index in [-0.39, 0.29) is 5.91 Å². The van der Waals surface area contributed by atoms with Crippen molar-refractivity contribution in [1.82, 2.24) is 15.1 Å². The van der Waals surface area contributed by atoms with E-state index in [4.69, 9.17) is 5.73 Å². The van der Waals surface area contributed by atoms with Crippen molar-refractivity contribution in [1.29, 1.82) is 0 Å². The normalized spacial score (nSPS) is 19.6. The zero-order valence-electron chi connectivity index (χ0n) is 8.83. The standard InChI is InChI=1S/C9H20N4O/c1-12-4-6-13(7-5-12)8-9(14)11-3-2-10/h2-8,10H2,1H3,(H,11,14)/i4+1,6+1,8+1,13+1. The summed E-state index contributed by atoms with van der Waals surface area (Å²) in [6, 6.07) is 0. The molecular weight excluding hydrogens is 184 g/mol. The lowest BCUT2D eigenvalue weighted by Gasteiger charge is -2.31. The van der Waals surface area contributed by atoms with Crippen LogP contribution >= 0.6 is 0 Å². The SMILES string of the molecule is CN1CC[15N]([13CH2]C(=O)NCCN)[13CH2][13CH2]1. The van der Waals surface area contributed by atoms with Gasteiger partial charge in [0.1, 0.15) is 0 Å². The van der Waals surface area contributed by atoms with Gasteiger partial charge in [-0.1, -0.05) is 0 Å². The van der Waals surface area contributed by atoms with Gasteiger partial charge in [-0.2, -0.15) is 0 Å². The number of hydrogen-bond donors (Lipinski definition) is 2. The number of amides is 1. The van der Waals surface area contributed by atoms with Gasteiger partial charge >= 0.3 is 0 Å². The highest BCUT2D eigenvalue weighted by Crippen LogP contribution is 1.97. The quantitative estimate of drug-likeness (QED) is 0.424. The second-order valence-corrected chi connectivity index (χ2v) is 3.72. The number of piperazine rings is 1. The molecule has 1 aliphatic rings. The van der Waals surface area contributed by atoms with E-state index in [0.29, 0.717) is 19.6 Å². The van der Waals surface area contributed by atoms with Crippen molar-refractivity contribution in [2.24, 2.45) is 5.73 Å². The minimum atomic E-state index is 0.0833. The molecule has 1 fully saturated rings. The molecule has 0 saturated carbocycles. The number of nitrogens with one attached hydrogen (secondary N) is 1. The maximum absolute atomic E-state index is 11.3. The Morgan fingerprint density at radius 3 is 2.57 bits per heavy atom. The summed E-state index contributed by atoms with van der Waals surface area (Å²) in [7, 11) is 2.10. The minimum Gasteiger partial charge on any atom is -0.354 e. The Balaban J connectivity index is 2.14. The number of carbonyl (C=O) groups excluding carboxylic acids is 1. The molecule has 1 amide bonds. The van der Waals surface area contributed by atoms with Gasteiger partial charge in [0, 0.05) is 39.3 Å². The third kappa shape index (κ3) is 4.04. The molecule has 1 aliphatic heterocycles. The molecular formula is C9H20N4O. The monoisotopic (exact) mass is 204 g/mol. The Morgan fingerprint density at radius 2 is 2.00 bits per heavy atom. The Morgan fingerprint density at radius 1 is 1.36 bits per heavy atom. The highest BCUT2D eigenvalue weighted by atomic mass is 16.2. The number of nitrogens with zero attached hydrogens (tertiary/aromatic N) is 2. The van der Waals surface area contributed by atoms with Gasteiger partial charge in [0.25, 0.3) is 0 Å². The summed E-state index contributed by atoms with van der Waals surface area (Å²) in [4.78, 5) is 15.8. The molecule has 0 aromatic rings. The van der Waals surface area contributed by atoms with Gasteiger partial charge in [-0.05, 0) is 7.05 Å².